The molecule has 106 valence electrons. The van der Waals surface area contributed by atoms with Crippen molar-refractivity contribution < 1.29 is 0 Å². The molecule has 0 saturated heterocycles. The van der Waals surface area contributed by atoms with E-state index in [1.807, 2.05) is 12.1 Å². The van der Waals surface area contributed by atoms with Crippen molar-refractivity contribution in [2.75, 3.05) is 13.1 Å². The van der Waals surface area contributed by atoms with Crippen molar-refractivity contribution >= 4 is 11.6 Å². The second-order valence-electron chi connectivity index (χ2n) is 5.43. The number of likely N-dealkylation sites (N-methyl/N-ethyl adjacent to an activating group) is 1. The van der Waals surface area contributed by atoms with Crippen molar-refractivity contribution in [1.29, 1.82) is 0 Å². The highest BCUT2D eigenvalue weighted by Crippen LogP contribution is 2.30. The minimum atomic E-state index is 0.324. The van der Waals surface area contributed by atoms with E-state index in [1.54, 1.807) is 0 Å². The second kappa shape index (κ2) is 7.28. The number of nitrogens with two attached hydrogens (primary N) is 1. The summed E-state index contributed by atoms with van der Waals surface area (Å²) in [5.74, 6) is 0. The first-order valence-corrected chi connectivity index (χ1v) is 7.85. The van der Waals surface area contributed by atoms with Crippen LogP contribution in [0, 0.1) is 0 Å². The van der Waals surface area contributed by atoms with Gasteiger partial charge in [0, 0.05) is 23.7 Å². The third-order valence-electron chi connectivity index (χ3n) is 4.29. The number of halogens is 1. The Balaban J connectivity index is 2.15. The molecule has 0 aromatic heterocycles. The molecule has 0 aliphatic heterocycles. The predicted octanol–water partition coefficient (Wildman–Crippen LogP) is 3.99. The second-order valence-corrected chi connectivity index (χ2v) is 5.86. The lowest BCUT2D eigenvalue weighted by atomic mass is 9.92. The average molecular weight is 281 g/mol. The predicted molar refractivity (Wildman–Crippen MR) is 82.5 cm³/mol. The van der Waals surface area contributed by atoms with Crippen LogP contribution in [0.4, 0.5) is 0 Å². The first-order chi connectivity index (χ1) is 9.26. The third-order valence-corrected chi connectivity index (χ3v) is 4.54. The summed E-state index contributed by atoms with van der Waals surface area (Å²) in [6.45, 7) is 3.98. The number of rotatable bonds is 5. The van der Waals surface area contributed by atoms with Crippen molar-refractivity contribution in [2.45, 2.75) is 51.1 Å². The van der Waals surface area contributed by atoms with Gasteiger partial charge in [0.05, 0.1) is 0 Å². The Hall–Kier alpha value is -0.570. The molecular formula is C16H25ClN2. The van der Waals surface area contributed by atoms with Gasteiger partial charge >= 0.3 is 0 Å². The maximum Gasteiger partial charge on any atom is 0.0473 e. The molecule has 2 rings (SSSR count). The summed E-state index contributed by atoms with van der Waals surface area (Å²) in [6.07, 6.45) is 6.75. The van der Waals surface area contributed by atoms with E-state index >= 15 is 0 Å². The molecule has 0 radical (unpaired) electrons. The lowest BCUT2D eigenvalue weighted by Gasteiger charge is -2.39. The van der Waals surface area contributed by atoms with E-state index in [-0.39, 0.29) is 0 Å². The molecule has 0 spiro atoms. The number of hydrogen-bond acceptors (Lipinski definition) is 2. The highest BCUT2D eigenvalue weighted by atomic mass is 35.5. The highest BCUT2D eigenvalue weighted by molar-refractivity contribution is 6.30. The summed E-state index contributed by atoms with van der Waals surface area (Å²) < 4.78 is 0. The molecule has 19 heavy (non-hydrogen) atoms. The molecule has 1 fully saturated rings. The van der Waals surface area contributed by atoms with Crippen LogP contribution in [0.15, 0.2) is 24.3 Å². The standard InChI is InChI=1S/C16H25ClN2/c1-2-19(15-6-4-3-5-7-15)16(12-18)13-8-10-14(17)11-9-13/h8-11,15-16H,2-7,12,18H2,1H3. The van der Waals surface area contributed by atoms with Gasteiger partial charge in [-0.1, -0.05) is 49.9 Å². The van der Waals surface area contributed by atoms with Crippen LogP contribution in [0.5, 0.6) is 0 Å². The van der Waals surface area contributed by atoms with Gasteiger partial charge in [-0.25, -0.2) is 0 Å². The molecule has 2 nitrogen and oxygen atoms in total. The van der Waals surface area contributed by atoms with Crippen molar-refractivity contribution in [3.63, 3.8) is 0 Å². The Labute approximate surface area is 121 Å². The van der Waals surface area contributed by atoms with Crippen LogP contribution in [-0.4, -0.2) is 24.0 Å². The van der Waals surface area contributed by atoms with E-state index in [0.717, 1.165) is 11.6 Å². The van der Waals surface area contributed by atoms with Gasteiger partial charge in [-0.2, -0.15) is 0 Å². The minimum absolute atomic E-state index is 0.324. The van der Waals surface area contributed by atoms with Gasteiger partial charge in [0.15, 0.2) is 0 Å². The lowest BCUT2D eigenvalue weighted by molar-refractivity contribution is 0.114. The van der Waals surface area contributed by atoms with Crippen LogP contribution in [0.3, 0.4) is 0 Å². The Bertz CT molecular complexity index is 371. The summed E-state index contributed by atoms with van der Waals surface area (Å²) in [7, 11) is 0. The normalized spacial score (nSPS) is 18.7. The Morgan fingerprint density at radius 2 is 1.84 bits per heavy atom. The zero-order chi connectivity index (χ0) is 13.7. The number of nitrogens with zero attached hydrogens (tertiary/aromatic N) is 1. The van der Waals surface area contributed by atoms with E-state index in [9.17, 15) is 0 Å². The fourth-order valence-corrected chi connectivity index (χ4v) is 3.42. The Morgan fingerprint density at radius 3 is 2.37 bits per heavy atom. The number of hydrogen-bond donors (Lipinski definition) is 1. The van der Waals surface area contributed by atoms with Gasteiger partial charge < -0.3 is 5.73 Å². The van der Waals surface area contributed by atoms with Crippen LogP contribution in [0.1, 0.15) is 50.6 Å². The van der Waals surface area contributed by atoms with Gasteiger partial charge in [0.1, 0.15) is 0 Å². The zero-order valence-electron chi connectivity index (χ0n) is 11.8. The Kier molecular flexibility index (Phi) is 5.68. The number of benzene rings is 1. The monoisotopic (exact) mass is 280 g/mol. The van der Waals surface area contributed by atoms with E-state index in [1.165, 1.54) is 37.7 Å². The van der Waals surface area contributed by atoms with Gasteiger partial charge in [0.2, 0.25) is 0 Å². The molecule has 3 heteroatoms. The van der Waals surface area contributed by atoms with Crippen molar-refractivity contribution in [2.24, 2.45) is 5.73 Å². The smallest absolute Gasteiger partial charge is 0.0473 e. The van der Waals surface area contributed by atoms with Crippen molar-refractivity contribution in [1.82, 2.24) is 4.90 Å². The van der Waals surface area contributed by atoms with Crippen molar-refractivity contribution in [3.8, 4) is 0 Å². The maximum absolute atomic E-state index is 6.05. The summed E-state index contributed by atoms with van der Waals surface area (Å²) in [5, 5.41) is 0.792. The van der Waals surface area contributed by atoms with Crippen molar-refractivity contribution in [3.05, 3.63) is 34.9 Å². The molecule has 1 atom stereocenters. The summed E-state index contributed by atoms with van der Waals surface area (Å²) in [5.41, 5.74) is 7.34. The summed E-state index contributed by atoms with van der Waals surface area (Å²) in [4.78, 5) is 2.59. The van der Waals surface area contributed by atoms with E-state index in [0.29, 0.717) is 18.6 Å². The van der Waals surface area contributed by atoms with Crippen LogP contribution >= 0.6 is 11.6 Å². The molecular weight excluding hydrogens is 256 g/mol. The fourth-order valence-electron chi connectivity index (χ4n) is 3.29. The van der Waals surface area contributed by atoms with Crippen LogP contribution < -0.4 is 5.73 Å². The van der Waals surface area contributed by atoms with Gasteiger partial charge in [-0.3, -0.25) is 4.90 Å². The average Bonchev–Trinajstić information content (AvgIpc) is 2.47. The highest BCUT2D eigenvalue weighted by Gasteiger charge is 2.26. The lowest BCUT2D eigenvalue weighted by Crippen LogP contribution is -2.42. The molecule has 1 saturated carbocycles. The quantitative estimate of drug-likeness (QED) is 0.883. The molecule has 1 aromatic rings. The fraction of sp³-hybridized carbons (Fsp3) is 0.625. The largest absolute Gasteiger partial charge is 0.329 e. The zero-order valence-corrected chi connectivity index (χ0v) is 12.6. The van der Waals surface area contributed by atoms with Crippen LogP contribution in [0.25, 0.3) is 0 Å². The molecule has 1 aromatic carbocycles. The third kappa shape index (κ3) is 3.71. The van der Waals surface area contributed by atoms with Gasteiger partial charge in [0.25, 0.3) is 0 Å². The minimum Gasteiger partial charge on any atom is -0.329 e. The molecule has 1 aliphatic rings. The SMILES string of the molecule is CCN(C1CCCCC1)C(CN)c1ccc(Cl)cc1. The van der Waals surface area contributed by atoms with E-state index in [2.05, 4.69) is 24.0 Å². The van der Waals surface area contributed by atoms with Gasteiger partial charge in [-0.05, 0) is 37.1 Å². The first kappa shape index (κ1) is 14.8. The summed E-state index contributed by atoms with van der Waals surface area (Å²) >= 11 is 5.98. The summed E-state index contributed by atoms with van der Waals surface area (Å²) in [6, 6.07) is 9.19. The topological polar surface area (TPSA) is 29.3 Å². The van der Waals surface area contributed by atoms with E-state index in [4.69, 9.17) is 17.3 Å². The molecule has 1 unspecified atom stereocenters. The van der Waals surface area contributed by atoms with Crippen LogP contribution in [0.2, 0.25) is 5.02 Å². The molecule has 1 aliphatic carbocycles. The molecule has 0 bridgehead atoms. The maximum atomic E-state index is 6.05. The molecule has 0 heterocycles. The van der Waals surface area contributed by atoms with Crippen LogP contribution in [-0.2, 0) is 0 Å². The first-order valence-electron chi connectivity index (χ1n) is 7.47. The Morgan fingerprint density at radius 1 is 1.21 bits per heavy atom. The van der Waals surface area contributed by atoms with Gasteiger partial charge in [-0.15, -0.1) is 0 Å². The molecule has 2 N–H and O–H groups in total. The molecule has 0 amide bonds. The van der Waals surface area contributed by atoms with E-state index < -0.39 is 0 Å².